The van der Waals surface area contributed by atoms with E-state index in [0.717, 1.165) is 49.8 Å². The summed E-state index contributed by atoms with van der Waals surface area (Å²) in [5, 5.41) is 11.6. The van der Waals surface area contributed by atoms with Gasteiger partial charge in [-0.25, -0.2) is 4.99 Å². The summed E-state index contributed by atoms with van der Waals surface area (Å²) in [4.78, 5) is 7.03. The molecule has 0 bridgehead atoms. The van der Waals surface area contributed by atoms with E-state index in [1.54, 1.807) is 6.33 Å². The molecular weight excluding hydrogens is 312 g/mol. The summed E-state index contributed by atoms with van der Waals surface area (Å²) < 4.78 is 2.08. The first kappa shape index (κ1) is 17.2. The predicted molar refractivity (Wildman–Crippen MR) is 102 cm³/mol. The van der Waals surface area contributed by atoms with Crippen LogP contribution in [0.3, 0.4) is 0 Å². The van der Waals surface area contributed by atoms with E-state index in [1.165, 1.54) is 11.3 Å². The van der Waals surface area contributed by atoms with E-state index in [2.05, 4.69) is 62.7 Å². The average molecular weight is 338 g/mol. The molecule has 0 fully saturated rings. The van der Waals surface area contributed by atoms with Crippen molar-refractivity contribution in [1.29, 1.82) is 0 Å². The number of rotatable bonds is 6. The molecule has 0 atom stereocenters. The highest BCUT2D eigenvalue weighted by Gasteiger charge is 2.22. The van der Waals surface area contributed by atoms with Crippen LogP contribution in [0, 0.1) is 0 Å². The van der Waals surface area contributed by atoms with Crippen molar-refractivity contribution in [3.05, 3.63) is 54.1 Å². The van der Waals surface area contributed by atoms with Gasteiger partial charge < -0.3 is 14.8 Å². The molecule has 0 spiro atoms. The molecule has 6 nitrogen and oxygen atoms in total. The summed E-state index contributed by atoms with van der Waals surface area (Å²) in [6.07, 6.45) is 3.72. The summed E-state index contributed by atoms with van der Waals surface area (Å²) in [6, 6.07) is 8.53. The second-order valence-electron chi connectivity index (χ2n) is 6.35. The van der Waals surface area contributed by atoms with Gasteiger partial charge in [0.25, 0.3) is 0 Å². The Bertz CT molecular complexity index is 761. The first-order valence-electron chi connectivity index (χ1n) is 8.84. The second kappa shape index (κ2) is 7.96. The fourth-order valence-corrected chi connectivity index (χ4v) is 3.03. The fourth-order valence-electron chi connectivity index (χ4n) is 3.03. The maximum atomic E-state index is 4.76. The van der Waals surface area contributed by atoms with E-state index in [0.29, 0.717) is 6.54 Å². The summed E-state index contributed by atoms with van der Waals surface area (Å²) in [6.45, 7) is 11.2. The lowest BCUT2D eigenvalue weighted by Crippen LogP contribution is -2.42. The molecule has 1 aromatic heterocycles. The number of nitrogens with zero attached hydrogens (tertiary/aromatic N) is 5. The third kappa shape index (κ3) is 4.07. The number of guanidine groups is 1. The fraction of sp³-hybridized carbons (Fsp3) is 0.421. The minimum atomic E-state index is 0.633. The van der Waals surface area contributed by atoms with Gasteiger partial charge in [-0.1, -0.05) is 37.3 Å². The van der Waals surface area contributed by atoms with E-state index in [4.69, 9.17) is 4.99 Å². The molecule has 132 valence electrons. The molecule has 0 saturated carbocycles. The van der Waals surface area contributed by atoms with Gasteiger partial charge in [0.1, 0.15) is 12.2 Å². The molecule has 0 saturated heterocycles. The minimum Gasteiger partial charge on any atom is -0.354 e. The maximum absolute atomic E-state index is 4.76. The number of fused-ring (bicyclic) bond motifs is 1. The molecule has 3 rings (SSSR count). The second-order valence-corrected chi connectivity index (χ2v) is 6.35. The maximum Gasteiger partial charge on any atom is 0.198 e. The first-order valence-corrected chi connectivity index (χ1v) is 8.84. The number of hydrogen-bond acceptors (Lipinski definition) is 3. The molecular formula is C19H26N6. The van der Waals surface area contributed by atoms with Crippen molar-refractivity contribution in [1.82, 2.24) is 20.1 Å². The van der Waals surface area contributed by atoms with Crippen LogP contribution in [0.2, 0.25) is 0 Å². The van der Waals surface area contributed by atoms with Crippen molar-refractivity contribution in [2.75, 3.05) is 24.5 Å². The van der Waals surface area contributed by atoms with Gasteiger partial charge >= 0.3 is 0 Å². The lowest BCUT2D eigenvalue weighted by Gasteiger charge is -2.23. The highest BCUT2D eigenvalue weighted by Crippen LogP contribution is 2.27. The Kier molecular flexibility index (Phi) is 5.48. The third-order valence-electron chi connectivity index (χ3n) is 4.29. The summed E-state index contributed by atoms with van der Waals surface area (Å²) in [5.74, 6) is 1.92. The summed E-state index contributed by atoms with van der Waals surface area (Å²) in [5.41, 5.74) is 3.67. The predicted octanol–water partition coefficient (Wildman–Crippen LogP) is 2.42. The zero-order valence-corrected chi connectivity index (χ0v) is 15.1. The van der Waals surface area contributed by atoms with Crippen molar-refractivity contribution in [2.45, 2.75) is 33.2 Å². The smallest absolute Gasteiger partial charge is 0.198 e. The van der Waals surface area contributed by atoms with Crippen molar-refractivity contribution in [2.24, 2.45) is 4.99 Å². The van der Waals surface area contributed by atoms with Crippen LogP contribution in [0.25, 0.3) is 0 Å². The van der Waals surface area contributed by atoms with Gasteiger partial charge in [-0.3, -0.25) is 0 Å². The van der Waals surface area contributed by atoms with Gasteiger partial charge in [0.2, 0.25) is 0 Å². The number of para-hydroxylation sites is 1. The Morgan fingerprint density at radius 2 is 2.20 bits per heavy atom. The summed E-state index contributed by atoms with van der Waals surface area (Å²) in [7, 11) is 0. The number of nitrogens with one attached hydrogen (secondary N) is 1. The molecule has 1 N–H and O–H groups in total. The van der Waals surface area contributed by atoms with Crippen LogP contribution >= 0.6 is 0 Å². The normalized spacial score (nSPS) is 13.8. The van der Waals surface area contributed by atoms with E-state index in [1.807, 2.05) is 6.92 Å². The SMILES string of the molecule is C=C(C)CN=C(NCCn1cnnc1CC)N1CCc2ccccc21. The van der Waals surface area contributed by atoms with Gasteiger partial charge in [0.05, 0.1) is 6.54 Å². The number of aryl methyl sites for hydroxylation is 1. The monoisotopic (exact) mass is 338 g/mol. The molecule has 6 heteroatoms. The zero-order chi connectivity index (χ0) is 17.6. The number of hydrogen-bond donors (Lipinski definition) is 1. The van der Waals surface area contributed by atoms with E-state index in [-0.39, 0.29) is 0 Å². The van der Waals surface area contributed by atoms with Crippen LogP contribution in [0.4, 0.5) is 5.69 Å². The largest absolute Gasteiger partial charge is 0.354 e. The van der Waals surface area contributed by atoms with Crippen LogP contribution in [0.5, 0.6) is 0 Å². The molecule has 0 radical (unpaired) electrons. The number of anilines is 1. The Morgan fingerprint density at radius 3 is 3.00 bits per heavy atom. The van der Waals surface area contributed by atoms with Gasteiger partial charge in [0.15, 0.2) is 5.96 Å². The molecule has 0 aliphatic carbocycles. The van der Waals surface area contributed by atoms with Gasteiger partial charge in [0, 0.05) is 31.7 Å². The highest BCUT2D eigenvalue weighted by atomic mass is 15.3. The standard InChI is InChI=1S/C19H26N6/c1-4-18-23-22-14-24(18)12-10-20-19(21-13-15(2)3)25-11-9-16-7-5-6-8-17(16)25/h5-8,14H,2,4,9-13H2,1,3H3,(H,20,21). The van der Waals surface area contributed by atoms with Crippen molar-refractivity contribution >= 4 is 11.6 Å². The van der Waals surface area contributed by atoms with Crippen LogP contribution in [-0.4, -0.2) is 40.4 Å². The van der Waals surface area contributed by atoms with Gasteiger partial charge in [-0.15, -0.1) is 10.2 Å². The quantitative estimate of drug-likeness (QED) is 0.499. The topological polar surface area (TPSA) is 58.3 Å². The Hall–Kier alpha value is -2.63. The van der Waals surface area contributed by atoms with Gasteiger partial charge in [-0.2, -0.15) is 0 Å². The Balaban J connectivity index is 1.70. The summed E-state index contributed by atoms with van der Waals surface area (Å²) >= 11 is 0. The number of aromatic nitrogens is 3. The molecule has 0 unspecified atom stereocenters. The van der Waals surface area contributed by atoms with E-state index in [9.17, 15) is 0 Å². The lowest BCUT2D eigenvalue weighted by molar-refractivity contribution is 0.636. The van der Waals surface area contributed by atoms with Crippen LogP contribution in [0.1, 0.15) is 25.2 Å². The molecule has 1 aliphatic heterocycles. The van der Waals surface area contributed by atoms with Crippen LogP contribution in [0.15, 0.2) is 47.7 Å². The van der Waals surface area contributed by atoms with Crippen molar-refractivity contribution in [3.63, 3.8) is 0 Å². The van der Waals surface area contributed by atoms with Crippen molar-refractivity contribution < 1.29 is 0 Å². The molecule has 0 amide bonds. The molecule has 25 heavy (non-hydrogen) atoms. The highest BCUT2D eigenvalue weighted by molar-refractivity contribution is 5.98. The van der Waals surface area contributed by atoms with Crippen LogP contribution in [-0.2, 0) is 19.4 Å². The van der Waals surface area contributed by atoms with Crippen molar-refractivity contribution in [3.8, 4) is 0 Å². The average Bonchev–Trinajstić information content (AvgIpc) is 3.24. The Labute approximate surface area is 149 Å². The lowest BCUT2D eigenvalue weighted by atomic mass is 10.2. The molecule has 1 aliphatic rings. The first-order chi connectivity index (χ1) is 12.2. The molecule has 2 heterocycles. The van der Waals surface area contributed by atoms with Crippen LogP contribution < -0.4 is 10.2 Å². The molecule has 2 aromatic rings. The third-order valence-corrected chi connectivity index (χ3v) is 4.29. The molecule has 1 aromatic carbocycles. The minimum absolute atomic E-state index is 0.633. The van der Waals surface area contributed by atoms with E-state index < -0.39 is 0 Å². The van der Waals surface area contributed by atoms with Gasteiger partial charge in [-0.05, 0) is 25.0 Å². The number of benzene rings is 1. The van der Waals surface area contributed by atoms with E-state index >= 15 is 0 Å². The number of aliphatic imine (C=N–C) groups is 1. The zero-order valence-electron chi connectivity index (χ0n) is 15.1. The Morgan fingerprint density at radius 1 is 1.36 bits per heavy atom.